The first-order valence-corrected chi connectivity index (χ1v) is 8.76. The van der Waals surface area contributed by atoms with E-state index in [0.717, 1.165) is 30.5 Å². The van der Waals surface area contributed by atoms with Crippen molar-refractivity contribution in [1.82, 2.24) is 9.88 Å². The molecule has 0 bridgehead atoms. The second kappa shape index (κ2) is 6.80. The fraction of sp³-hybridized carbons (Fsp3) is 0.333. The predicted molar refractivity (Wildman–Crippen MR) is 95.2 cm³/mol. The molecule has 2 heterocycles. The van der Waals surface area contributed by atoms with Gasteiger partial charge in [0.2, 0.25) is 0 Å². The predicted octanol–water partition coefficient (Wildman–Crippen LogP) is 3.49. The highest BCUT2D eigenvalue weighted by Crippen LogP contribution is 2.40. The minimum Gasteiger partial charge on any atom is -0.453 e. The van der Waals surface area contributed by atoms with Gasteiger partial charge in [-0.25, -0.2) is 9.18 Å². The Balaban J connectivity index is 1.57. The second-order valence-corrected chi connectivity index (χ2v) is 6.69. The number of hydrogen-bond donors (Lipinski definition) is 0. The number of carbonyl (C=O) groups excluding carboxylic acids is 1. The van der Waals surface area contributed by atoms with E-state index in [9.17, 15) is 9.18 Å². The van der Waals surface area contributed by atoms with Crippen molar-refractivity contribution < 1.29 is 13.9 Å². The fourth-order valence-corrected chi connectivity index (χ4v) is 4.01. The van der Waals surface area contributed by atoms with Crippen LogP contribution in [0.5, 0.6) is 0 Å². The molecule has 0 N–H and O–H groups in total. The van der Waals surface area contributed by atoms with Crippen LogP contribution in [0.25, 0.3) is 0 Å². The molecule has 5 heteroatoms. The lowest BCUT2D eigenvalue weighted by Crippen LogP contribution is -2.39. The van der Waals surface area contributed by atoms with Crippen molar-refractivity contribution in [2.45, 2.75) is 31.2 Å². The third-order valence-corrected chi connectivity index (χ3v) is 5.19. The van der Waals surface area contributed by atoms with Gasteiger partial charge in [0.25, 0.3) is 0 Å². The lowest BCUT2D eigenvalue weighted by Gasteiger charge is -2.31. The van der Waals surface area contributed by atoms with Crippen LogP contribution < -0.4 is 0 Å². The number of benzene rings is 1. The van der Waals surface area contributed by atoms with Gasteiger partial charge in [-0.1, -0.05) is 17.9 Å². The number of aryl methyl sites for hydroxylation is 1. The number of carbonyl (C=O) groups is 1. The number of aromatic nitrogens is 1. The van der Waals surface area contributed by atoms with Gasteiger partial charge in [0.1, 0.15) is 5.82 Å². The molecule has 1 saturated heterocycles. The quantitative estimate of drug-likeness (QED) is 0.683. The lowest BCUT2D eigenvalue weighted by atomic mass is 9.82. The number of halogens is 1. The molecular weight excluding hydrogens is 331 g/mol. The maximum atomic E-state index is 13.2. The van der Waals surface area contributed by atoms with E-state index < -0.39 is 0 Å². The van der Waals surface area contributed by atoms with Gasteiger partial charge in [0.05, 0.1) is 7.11 Å². The van der Waals surface area contributed by atoms with Crippen molar-refractivity contribution in [2.24, 2.45) is 0 Å². The third-order valence-electron chi connectivity index (χ3n) is 5.19. The zero-order chi connectivity index (χ0) is 18.1. The van der Waals surface area contributed by atoms with Crippen molar-refractivity contribution in [2.75, 3.05) is 13.7 Å². The molecule has 26 heavy (non-hydrogen) atoms. The highest BCUT2D eigenvalue weighted by molar-refractivity contribution is 5.68. The standard InChI is InChI=1S/C21H19FN2O2/c1-26-21(25)24-10-9-18-19(24)8-7-16-11-15(13-23-20(16)18)6-5-14-3-2-4-17(22)12-14/h2-4,11-13,18-19H,7-10H2,1H3/t18-,19-/m1/s1. The van der Waals surface area contributed by atoms with Crippen LogP contribution in [0.1, 0.15) is 41.1 Å². The van der Waals surface area contributed by atoms with E-state index in [-0.39, 0.29) is 23.9 Å². The van der Waals surface area contributed by atoms with E-state index in [0.29, 0.717) is 12.1 Å². The third kappa shape index (κ3) is 3.03. The molecule has 1 aromatic carbocycles. The number of ether oxygens (including phenoxy) is 1. The normalized spacial score (nSPS) is 20.6. The minimum atomic E-state index is -0.289. The van der Waals surface area contributed by atoms with Crippen LogP contribution in [0.3, 0.4) is 0 Å². The first-order valence-electron chi connectivity index (χ1n) is 8.76. The van der Waals surface area contributed by atoms with E-state index in [2.05, 4.69) is 22.9 Å². The highest BCUT2D eigenvalue weighted by Gasteiger charge is 2.42. The molecule has 1 amide bonds. The molecule has 4 nitrogen and oxygen atoms in total. The molecule has 1 fully saturated rings. The summed E-state index contributed by atoms with van der Waals surface area (Å²) in [7, 11) is 1.42. The van der Waals surface area contributed by atoms with E-state index >= 15 is 0 Å². The number of rotatable bonds is 0. The smallest absolute Gasteiger partial charge is 0.409 e. The molecule has 0 spiro atoms. The number of hydrogen-bond acceptors (Lipinski definition) is 3. The zero-order valence-electron chi connectivity index (χ0n) is 14.5. The summed E-state index contributed by atoms with van der Waals surface area (Å²) in [6, 6.07) is 8.51. The number of methoxy groups -OCH3 is 1. The molecule has 2 atom stereocenters. The van der Waals surface area contributed by atoms with Gasteiger partial charge in [-0.05, 0) is 49.1 Å². The Kier molecular flexibility index (Phi) is 4.34. The SMILES string of the molecule is COC(=O)N1CC[C@H]2c3ncc(C#Cc4cccc(F)c4)cc3CC[C@H]21. The highest BCUT2D eigenvalue weighted by atomic mass is 19.1. The van der Waals surface area contributed by atoms with Crippen LogP contribution in [-0.2, 0) is 11.2 Å². The first-order chi connectivity index (χ1) is 12.7. The fourth-order valence-electron chi connectivity index (χ4n) is 4.01. The molecular formula is C21H19FN2O2. The summed E-state index contributed by atoms with van der Waals surface area (Å²) >= 11 is 0. The summed E-state index contributed by atoms with van der Waals surface area (Å²) in [5, 5.41) is 0. The molecule has 2 aliphatic rings. The Morgan fingerprint density at radius 3 is 2.92 bits per heavy atom. The summed E-state index contributed by atoms with van der Waals surface area (Å²) in [5.41, 5.74) is 3.74. The minimum absolute atomic E-state index is 0.173. The van der Waals surface area contributed by atoms with Crippen molar-refractivity contribution in [3.8, 4) is 11.8 Å². The van der Waals surface area contributed by atoms with E-state index in [1.54, 1.807) is 18.3 Å². The summed E-state index contributed by atoms with van der Waals surface area (Å²) in [5.74, 6) is 6.03. The maximum absolute atomic E-state index is 13.2. The summed E-state index contributed by atoms with van der Waals surface area (Å²) in [6.45, 7) is 0.713. The van der Waals surface area contributed by atoms with Gasteiger partial charge in [0, 0.05) is 41.5 Å². The van der Waals surface area contributed by atoms with Crippen LogP contribution >= 0.6 is 0 Å². The van der Waals surface area contributed by atoms with Crippen LogP contribution in [0, 0.1) is 17.7 Å². The van der Waals surface area contributed by atoms with Gasteiger partial charge in [-0.2, -0.15) is 0 Å². The number of nitrogens with zero attached hydrogens (tertiary/aromatic N) is 2. The molecule has 0 unspecified atom stereocenters. The lowest BCUT2D eigenvalue weighted by molar-refractivity contribution is 0.114. The summed E-state index contributed by atoms with van der Waals surface area (Å²) < 4.78 is 18.1. The van der Waals surface area contributed by atoms with Crippen molar-refractivity contribution in [3.63, 3.8) is 0 Å². The Morgan fingerprint density at radius 2 is 2.12 bits per heavy atom. The average Bonchev–Trinajstić information content (AvgIpc) is 3.10. The summed E-state index contributed by atoms with van der Waals surface area (Å²) in [6.07, 6.45) is 4.21. The van der Waals surface area contributed by atoms with Crippen molar-refractivity contribution in [1.29, 1.82) is 0 Å². The van der Waals surface area contributed by atoms with Crippen molar-refractivity contribution in [3.05, 3.63) is 64.7 Å². The Morgan fingerprint density at radius 1 is 1.27 bits per heavy atom. The summed E-state index contributed by atoms with van der Waals surface area (Å²) in [4.78, 5) is 18.4. The first kappa shape index (κ1) is 16.6. The molecule has 1 aliphatic carbocycles. The van der Waals surface area contributed by atoms with E-state index in [1.165, 1.54) is 24.8 Å². The largest absolute Gasteiger partial charge is 0.453 e. The van der Waals surface area contributed by atoms with E-state index in [4.69, 9.17) is 4.74 Å². The molecule has 0 radical (unpaired) electrons. The topological polar surface area (TPSA) is 42.4 Å². The Bertz CT molecular complexity index is 916. The van der Waals surface area contributed by atoms with Gasteiger partial charge in [-0.15, -0.1) is 0 Å². The monoisotopic (exact) mass is 350 g/mol. The average molecular weight is 350 g/mol. The number of fused-ring (bicyclic) bond motifs is 3. The van der Waals surface area contributed by atoms with Crippen LogP contribution in [0.4, 0.5) is 9.18 Å². The van der Waals surface area contributed by atoms with Crippen LogP contribution in [0.2, 0.25) is 0 Å². The van der Waals surface area contributed by atoms with E-state index in [1.807, 2.05) is 4.90 Å². The van der Waals surface area contributed by atoms with Crippen molar-refractivity contribution >= 4 is 6.09 Å². The van der Waals surface area contributed by atoms with Gasteiger partial charge in [-0.3, -0.25) is 4.98 Å². The van der Waals surface area contributed by atoms with Gasteiger partial charge < -0.3 is 9.64 Å². The Labute approximate surface area is 152 Å². The number of amides is 1. The van der Waals surface area contributed by atoms with Gasteiger partial charge >= 0.3 is 6.09 Å². The zero-order valence-corrected chi connectivity index (χ0v) is 14.5. The molecule has 1 aliphatic heterocycles. The van der Waals surface area contributed by atoms with Crippen LogP contribution in [0.15, 0.2) is 36.5 Å². The maximum Gasteiger partial charge on any atom is 0.409 e. The number of pyridine rings is 1. The molecule has 4 rings (SSSR count). The molecule has 132 valence electrons. The second-order valence-electron chi connectivity index (χ2n) is 6.69. The Hall–Kier alpha value is -2.87. The molecule has 1 aromatic heterocycles. The van der Waals surface area contributed by atoms with Crippen LogP contribution in [-0.4, -0.2) is 35.7 Å². The van der Waals surface area contributed by atoms with Gasteiger partial charge in [0.15, 0.2) is 0 Å². The molecule has 2 aromatic rings. The number of likely N-dealkylation sites (tertiary alicyclic amines) is 1. The molecule has 0 saturated carbocycles.